The zero-order valence-corrected chi connectivity index (χ0v) is 12.7. The Balaban J connectivity index is 2.29. The van der Waals surface area contributed by atoms with Gasteiger partial charge < -0.3 is 10.2 Å². The molecule has 0 aliphatic carbocycles. The average Bonchev–Trinajstić information content (AvgIpc) is 2.79. The molecule has 1 aliphatic rings. The second kappa shape index (κ2) is 6.02. The summed E-state index contributed by atoms with van der Waals surface area (Å²) in [5.41, 5.74) is -0.0178. The Labute approximate surface area is 124 Å². The van der Waals surface area contributed by atoms with E-state index in [1.165, 1.54) is 0 Å². The monoisotopic (exact) mass is 318 g/mol. The van der Waals surface area contributed by atoms with Crippen LogP contribution in [0.1, 0.15) is 12.0 Å². The third-order valence-corrected chi connectivity index (χ3v) is 6.37. The predicted molar refractivity (Wildman–Crippen MR) is 78.5 cm³/mol. The Morgan fingerprint density at radius 2 is 1.90 bits per heavy atom. The number of sulfone groups is 1. The molecule has 2 N–H and O–H groups in total. The molecule has 112 valence electrons. The van der Waals surface area contributed by atoms with Crippen LogP contribution in [0.5, 0.6) is 0 Å². The maximum Gasteiger partial charge on any atom is 0.150 e. The fourth-order valence-electron chi connectivity index (χ4n) is 2.86. The van der Waals surface area contributed by atoms with Crippen LogP contribution >= 0.6 is 11.6 Å². The van der Waals surface area contributed by atoms with Gasteiger partial charge in [-0.15, -0.1) is 0 Å². The summed E-state index contributed by atoms with van der Waals surface area (Å²) in [4.78, 5) is 0. The summed E-state index contributed by atoms with van der Waals surface area (Å²) in [6, 6.07) is 7.24. The van der Waals surface area contributed by atoms with E-state index in [9.17, 15) is 18.6 Å². The highest BCUT2D eigenvalue weighted by molar-refractivity contribution is 7.91. The van der Waals surface area contributed by atoms with Crippen LogP contribution < -0.4 is 0 Å². The molecule has 0 amide bonds. The smallest absolute Gasteiger partial charge is 0.150 e. The Bertz CT molecular complexity index is 566. The van der Waals surface area contributed by atoms with Crippen LogP contribution in [0, 0.1) is 11.3 Å². The van der Waals surface area contributed by atoms with Crippen LogP contribution in [-0.4, -0.2) is 43.4 Å². The summed E-state index contributed by atoms with van der Waals surface area (Å²) >= 11 is 6.13. The Kier molecular flexibility index (Phi) is 4.74. The SMILES string of the molecule is O=S1(=O)CCC(C(CO)(CO)Cc2ccccc2Cl)C1. The quantitative estimate of drug-likeness (QED) is 0.858. The van der Waals surface area contributed by atoms with Gasteiger partial charge in [-0.2, -0.15) is 0 Å². The number of aliphatic hydroxyl groups excluding tert-OH is 2. The summed E-state index contributed by atoms with van der Waals surface area (Å²) < 4.78 is 23.3. The Morgan fingerprint density at radius 3 is 2.40 bits per heavy atom. The second-order valence-corrected chi connectivity index (χ2v) is 8.18. The van der Waals surface area contributed by atoms with Crippen molar-refractivity contribution < 1.29 is 18.6 Å². The van der Waals surface area contributed by atoms with Gasteiger partial charge in [0.1, 0.15) is 0 Å². The van der Waals surface area contributed by atoms with Crippen molar-refractivity contribution in [3.63, 3.8) is 0 Å². The van der Waals surface area contributed by atoms with E-state index in [1.807, 2.05) is 18.2 Å². The molecule has 1 heterocycles. The Morgan fingerprint density at radius 1 is 1.25 bits per heavy atom. The minimum atomic E-state index is -3.06. The first-order valence-electron chi connectivity index (χ1n) is 6.58. The minimum Gasteiger partial charge on any atom is -0.396 e. The highest BCUT2D eigenvalue weighted by atomic mass is 35.5. The van der Waals surface area contributed by atoms with Crippen molar-refractivity contribution in [3.8, 4) is 0 Å². The van der Waals surface area contributed by atoms with E-state index >= 15 is 0 Å². The number of aliphatic hydroxyl groups is 2. The van der Waals surface area contributed by atoms with Crippen LogP contribution in [0.3, 0.4) is 0 Å². The molecule has 1 aliphatic heterocycles. The lowest BCUT2D eigenvalue weighted by Gasteiger charge is -2.35. The molecular formula is C14H19ClO4S. The third kappa shape index (κ3) is 3.17. The molecule has 0 saturated carbocycles. The number of benzene rings is 1. The largest absolute Gasteiger partial charge is 0.396 e. The number of halogens is 1. The molecule has 0 aromatic heterocycles. The lowest BCUT2D eigenvalue weighted by molar-refractivity contribution is 0.0124. The van der Waals surface area contributed by atoms with Crippen molar-refractivity contribution in [2.45, 2.75) is 12.8 Å². The summed E-state index contributed by atoms with van der Waals surface area (Å²) in [7, 11) is -3.06. The first-order chi connectivity index (χ1) is 9.42. The van der Waals surface area contributed by atoms with Gasteiger partial charge in [0.2, 0.25) is 0 Å². The minimum absolute atomic E-state index is 0.0264. The molecule has 1 aromatic carbocycles. The van der Waals surface area contributed by atoms with E-state index in [0.717, 1.165) is 5.56 Å². The van der Waals surface area contributed by atoms with Crippen LogP contribution in [0.15, 0.2) is 24.3 Å². The maximum atomic E-state index is 11.6. The molecule has 1 aromatic rings. The Hall–Kier alpha value is -0.620. The molecule has 1 saturated heterocycles. The zero-order chi connectivity index (χ0) is 14.8. The van der Waals surface area contributed by atoms with E-state index in [0.29, 0.717) is 17.9 Å². The molecule has 0 spiro atoms. The second-order valence-electron chi connectivity index (χ2n) is 5.55. The van der Waals surface area contributed by atoms with Crippen LogP contribution in [0.25, 0.3) is 0 Å². The van der Waals surface area contributed by atoms with Crippen molar-refractivity contribution in [3.05, 3.63) is 34.9 Å². The fourth-order valence-corrected chi connectivity index (χ4v) is 5.01. The average molecular weight is 319 g/mol. The van der Waals surface area contributed by atoms with Gasteiger partial charge in [0.25, 0.3) is 0 Å². The predicted octanol–water partition coefficient (Wildman–Crippen LogP) is 1.29. The molecule has 0 radical (unpaired) electrons. The maximum absolute atomic E-state index is 11.6. The van der Waals surface area contributed by atoms with E-state index < -0.39 is 15.3 Å². The van der Waals surface area contributed by atoms with E-state index in [1.54, 1.807) is 6.07 Å². The summed E-state index contributed by atoms with van der Waals surface area (Å²) in [5, 5.41) is 20.1. The number of hydrogen-bond acceptors (Lipinski definition) is 4. The first kappa shape index (κ1) is 15.8. The van der Waals surface area contributed by atoms with Gasteiger partial charge in [0.05, 0.1) is 24.7 Å². The summed E-state index contributed by atoms with van der Waals surface area (Å²) in [5.74, 6) is -0.0840. The van der Waals surface area contributed by atoms with E-state index in [4.69, 9.17) is 11.6 Å². The van der Waals surface area contributed by atoms with Crippen LogP contribution in [-0.2, 0) is 16.3 Å². The molecule has 4 nitrogen and oxygen atoms in total. The van der Waals surface area contributed by atoms with Crippen molar-refractivity contribution in [1.29, 1.82) is 0 Å². The lowest BCUT2D eigenvalue weighted by Crippen LogP contribution is -2.41. The highest BCUT2D eigenvalue weighted by Gasteiger charge is 2.44. The van der Waals surface area contributed by atoms with E-state index in [2.05, 4.69) is 0 Å². The van der Waals surface area contributed by atoms with Crippen molar-refractivity contribution in [2.75, 3.05) is 24.7 Å². The number of rotatable bonds is 5. The highest BCUT2D eigenvalue weighted by Crippen LogP contribution is 2.39. The van der Waals surface area contributed by atoms with Gasteiger partial charge in [0, 0.05) is 10.4 Å². The topological polar surface area (TPSA) is 74.6 Å². The molecule has 0 bridgehead atoms. The van der Waals surface area contributed by atoms with Crippen LogP contribution in [0.4, 0.5) is 0 Å². The molecule has 6 heteroatoms. The molecule has 1 fully saturated rings. The van der Waals surface area contributed by atoms with Gasteiger partial charge in [-0.25, -0.2) is 8.42 Å². The molecule has 20 heavy (non-hydrogen) atoms. The van der Waals surface area contributed by atoms with Gasteiger partial charge in [-0.05, 0) is 30.4 Å². The zero-order valence-electron chi connectivity index (χ0n) is 11.1. The van der Waals surface area contributed by atoms with Crippen molar-refractivity contribution in [2.24, 2.45) is 11.3 Å². The van der Waals surface area contributed by atoms with Crippen LogP contribution in [0.2, 0.25) is 5.02 Å². The molecule has 1 atom stereocenters. The standard InChI is InChI=1S/C14H19ClO4S/c15-13-4-2-1-3-11(13)7-14(9-16,10-17)12-5-6-20(18,19)8-12/h1-4,12,16-17H,5-10H2. The lowest BCUT2D eigenvalue weighted by atomic mass is 9.72. The van der Waals surface area contributed by atoms with E-state index in [-0.39, 0.29) is 30.6 Å². The van der Waals surface area contributed by atoms with Gasteiger partial charge in [-0.1, -0.05) is 29.8 Å². The number of hydrogen-bond donors (Lipinski definition) is 2. The van der Waals surface area contributed by atoms with Gasteiger partial charge in [-0.3, -0.25) is 0 Å². The van der Waals surface area contributed by atoms with Gasteiger partial charge in [0.15, 0.2) is 9.84 Å². The molecule has 1 unspecified atom stereocenters. The normalized spacial score (nSPS) is 22.1. The molecule has 2 rings (SSSR count). The molecular weight excluding hydrogens is 300 g/mol. The van der Waals surface area contributed by atoms with Crippen molar-refractivity contribution in [1.82, 2.24) is 0 Å². The first-order valence-corrected chi connectivity index (χ1v) is 8.78. The van der Waals surface area contributed by atoms with Crippen molar-refractivity contribution >= 4 is 21.4 Å². The summed E-state index contributed by atoms with van der Waals surface area (Å²) in [6.45, 7) is -0.510. The van der Waals surface area contributed by atoms with Gasteiger partial charge >= 0.3 is 0 Å². The summed E-state index contributed by atoms with van der Waals surface area (Å²) in [6.07, 6.45) is 0.855. The third-order valence-electron chi connectivity index (χ3n) is 4.23. The fraction of sp³-hybridized carbons (Fsp3) is 0.571.